The summed E-state index contributed by atoms with van der Waals surface area (Å²) in [7, 11) is 0. The molecule has 1 N–H and O–H groups in total. The van der Waals surface area contributed by atoms with E-state index in [0.717, 1.165) is 54.4 Å². The minimum atomic E-state index is -0.578. The van der Waals surface area contributed by atoms with E-state index in [0.29, 0.717) is 6.54 Å². The van der Waals surface area contributed by atoms with E-state index in [1.54, 1.807) is 12.3 Å². The first-order chi connectivity index (χ1) is 13.0. The topological polar surface area (TPSA) is 56.9 Å². The third kappa shape index (κ3) is 2.94. The molecular weight excluding hydrogens is 341 g/mol. The smallest absolute Gasteiger partial charge is 0.133 e. The fourth-order valence-corrected chi connectivity index (χ4v) is 3.94. The van der Waals surface area contributed by atoms with Crippen molar-refractivity contribution in [1.29, 1.82) is 5.26 Å². The summed E-state index contributed by atoms with van der Waals surface area (Å²) < 4.78 is 15.5. The number of allylic oxidation sites excluding steroid dienone is 1. The summed E-state index contributed by atoms with van der Waals surface area (Å²) in [6.07, 6.45) is 5.28. The van der Waals surface area contributed by atoms with Gasteiger partial charge in [0, 0.05) is 18.4 Å². The van der Waals surface area contributed by atoms with E-state index in [-0.39, 0.29) is 5.82 Å². The van der Waals surface area contributed by atoms with E-state index in [2.05, 4.69) is 27.8 Å². The van der Waals surface area contributed by atoms with Gasteiger partial charge in [-0.05, 0) is 50.6 Å². The highest BCUT2D eigenvalue weighted by atomic mass is 19.1. The van der Waals surface area contributed by atoms with Gasteiger partial charge >= 0.3 is 0 Å². The largest absolute Gasteiger partial charge is 0.338 e. The van der Waals surface area contributed by atoms with Gasteiger partial charge in [0.15, 0.2) is 0 Å². The van der Waals surface area contributed by atoms with Gasteiger partial charge in [0.1, 0.15) is 17.1 Å². The van der Waals surface area contributed by atoms with Gasteiger partial charge in [-0.1, -0.05) is 18.7 Å². The fourth-order valence-electron chi connectivity index (χ4n) is 3.94. The number of benzene rings is 1. The maximum absolute atomic E-state index is 13.5. The number of hydrogen-bond donors (Lipinski definition) is 1. The SMILES string of the molecule is C=C1c2cnc(C3(C#N)CCNCC3)n2C=C(C)N1Cc1cccc(F)c1. The van der Waals surface area contributed by atoms with Gasteiger partial charge in [0.2, 0.25) is 0 Å². The lowest BCUT2D eigenvalue weighted by Gasteiger charge is -2.35. The zero-order chi connectivity index (χ0) is 19.0. The molecule has 0 spiro atoms. The van der Waals surface area contributed by atoms with Gasteiger partial charge in [-0.15, -0.1) is 0 Å². The lowest BCUT2D eigenvalue weighted by molar-refractivity contribution is 0.362. The number of aromatic nitrogens is 2. The molecule has 0 aliphatic carbocycles. The zero-order valence-electron chi connectivity index (χ0n) is 15.4. The Morgan fingerprint density at radius 1 is 1.37 bits per heavy atom. The molecule has 3 heterocycles. The Bertz CT molecular complexity index is 959. The van der Waals surface area contributed by atoms with E-state index in [9.17, 15) is 9.65 Å². The molecular formula is C21H22FN5. The van der Waals surface area contributed by atoms with Crippen molar-refractivity contribution in [1.82, 2.24) is 19.8 Å². The molecule has 2 aliphatic rings. The van der Waals surface area contributed by atoms with Crippen LogP contribution in [0.4, 0.5) is 4.39 Å². The number of nitrogens with one attached hydrogen (secondary N) is 1. The molecule has 0 unspecified atom stereocenters. The number of hydrogen-bond acceptors (Lipinski definition) is 4. The van der Waals surface area contributed by atoms with Gasteiger partial charge < -0.3 is 10.2 Å². The summed E-state index contributed by atoms with van der Waals surface area (Å²) in [6.45, 7) is 8.40. The minimum absolute atomic E-state index is 0.244. The second kappa shape index (κ2) is 6.67. The molecule has 0 radical (unpaired) electrons. The number of nitriles is 1. The van der Waals surface area contributed by atoms with Crippen LogP contribution in [-0.4, -0.2) is 27.5 Å². The van der Waals surface area contributed by atoms with Crippen molar-refractivity contribution in [3.63, 3.8) is 0 Å². The van der Waals surface area contributed by atoms with Crippen molar-refractivity contribution in [3.8, 4) is 6.07 Å². The van der Waals surface area contributed by atoms with Crippen LogP contribution in [0.1, 0.15) is 36.8 Å². The highest BCUT2D eigenvalue weighted by molar-refractivity contribution is 5.67. The number of fused-ring (bicyclic) bond motifs is 1. The average Bonchev–Trinajstić information content (AvgIpc) is 3.10. The van der Waals surface area contributed by atoms with Gasteiger partial charge in [0.25, 0.3) is 0 Å². The van der Waals surface area contributed by atoms with E-state index in [4.69, 9.17) is 0 Å². The zero-order valence-corrected chi connectivity index (χ0v) is 15.4. The monoisotopic (exact) mass is 363 g/mol. The molecule has 0 atom stereocenters. The number of imidazole rings is 1. The van der Waals surface area contributed by atoms with Crippen LogP contribution in [-0.2, 0) is 12.0 Å². The van der Waals surface area contributed by atoms with E-state index >= 15 is 0 Å². The molecule has 1 fully saturated rings. The predicted octanol–water partition coefficient (Wildman–Crippen LogP) is 3.47. The number of nitrogens with zero attached hydrogens (tertiary/aromatic N) is 4. The van der Waals surface area contributed by atoms with Crippen molar-refractivity contribution in [3.05, 3.63) is 65.6 Å². The molecule has 5 nitrogen and oxygen atoms in total. The molecule has 0 amide bonds. The van der Waals surface area contributed by atoms with E-state index in [1.807, 2.05) is 23.8 Å². The maximum Gasteiger partial charge on any atom is 0.133 e. The summed E-state index contributed by atoms with van der Waals surface area (Å²) in [6, 6.07) is 9.12. The lowest BCUT2D eigenvalue weighted by atomic mass is 9.79. The molecule has 6 heteroatoms. The molecule has 27 heavy (non-hydrogen) atoms. The normalized spacial score (nSPS) is 18.6. The average molecular weight is 363 g/mol. The summed E-state index contributed by atoms with van der Waals surface area (Å²) in [4.78, 5) is 6.68. The maximum atomic E-state index is 13.5. The van der Waals surface area contributed by atoms with Crippen molar-refractivity contribution in [2.75, 3.05) is 13.1 Å². The van der Waals surface area contributed by atoms with Crippen molar-refractivity contribution in [2.45, 2.75) is 31.7 Å². The van der Waals surface area contributed by atoms with Crippen LogP contribution in [0.25, 0.3) is 11.9 Å². The second-order valence-electron chi connectivity index (χ2n) is 7.21. The first-order valence-corrected chi connectivity index (χ1v) is 9.13. The molecule has 1 aromatic heterocycles. The van der Waals surface area contributed by atoms with Crippen LogP contribution in [0.5, 0.6) is 0 Å². The molecule has 1 saturated heterocycles. The quantitative estimate of drug-likeness (QED) is 0.907. The molecule has 138 valence electrons. The Morgan fingerprint density at radius 2 is 2.15 bits per heavy atom. The van der Waals surface area contributed by atoms with Crippen LogP contribution in [0.3, 0.4) is 0 Å². The standard InChI is InChI=1S/C21H22FN5/c1-15-12-27-19(11-25-20(27)21(14-23)6-8-24-9-7-21)16(2)26(15)13-17-4-3-5-18(22)10-17/h3-5,10-12,24H,2,6-9,13H2,1H3. The molecule has 4 rings (SSSR count). The lowest BCUT2D eigenvalue weighted by Crippen LogP contribution is -2.40. The molecule has 2 aromatic rings. The first-order valence-electron chi connectivity index (χ1n) is 9.13. The summed E-state index contributed by atoms with van der Waals surface area (Å²) >= 11 is 0. The first kappa shape index (κ1) is 17.5. The van der Waals surface area contributed by atoms with Crippen LogP contribution in [0.2, 0.25) is 0 Å². The van der Waals surface area contributed by atoms with Crippen LogP contribution < -0.4 is 5.32 Å². The van der Waals surface area contributed by atoms with Gasteiger partial charge in [0.05, 0.1) is 23.7 Å². The molecule has 0 saturated carbocycles. The van der Waals surface area contributed by atoms with Crippen LogP contribution in [0, 0.1) is 17.1 Å². The Morgan fingerprint density at radius 3 is 2.85 bits per heavy atom. The molecule has 0 bridgehead atoms. The Labute approximate surface area is 158 Å². The highest BCUT2D eigenvalue weighted by Gasteiger charge is 2.39. The minimum Gasteiger partial charge on any atom is -0.338 e. The third-order valence-corrected chi connectivity index (χ3v) is 5.49. The van der Waals surface area contributed by atoms with E-state index in [1.165, 1.54) is 12.1 Å². The second-order valence-corrected chi connectivity index (χ2v) is 7.21. The predicted molar refractivity (Wildman–Crippen MR) is 103 cm³/mol. The van der Waals surface area contributed by atoms with Gasteiger partial charge in [-0.3, -0.25) is 4.57 Å². The van der Waals surface area contributed by atoms with Crippen molar-refractivity contribution in [2.24, 2.45) is 0 Å². The van der Waals surface area contributed by atoms with E-state index < -0.39 is 5.41 Å². The Balaban J connectivity index is 1.69. The van der Waals surface area contributed by atoms with Crippen LogP contribution in [0.15, 0.2) is 42.7 Å². The number of halogens is 1. The number of rotatable bonds is 3. The van der Waals surface area contributed by atoms with Gasteiger partial charge in [-0.25, -0.2) is 9.37 Å². The van der Waals surface area contributed by atoms with Gasteiger partial charge in [-0.2, -0.15) is 5.26 Å². The van der Waals surface area contributed by atoms with Crippen molar-refractivity contribution >= 4 is 11.9 Å². The number of piperidine rings is 1. The van der Waals surface area contributed by atoms with Crippen LogP contribution >= 0.6 is 0 Å². The Kier molecular flexibility index (Phi) is 4.33. The Hall–Kier alpha value is -2.91. The molecule has 1 aromatic carbocycles. The van der Waals surface area contributed by atoms with Crippen molar-refractivity contribution < 1.29 is 4.39 Å². The highest BCUT2D eigenvalue weighted by Crippen LogP contribution is 2.37. The summed E-state index contributed by atoms with van der Waals surface area (Å²) in [5.74, 6) is 0.540. The third-order valence-electron chi connectivity index (χ3n) is 5.49. The summed E-state index contributed by atoms with van der Waals surface area (Å²) in [5.41, 5.74) is 2.97. The fraction of sp³-hybridized carbons (Fsp3) is 0.333. The summed E-state index contributed by atoms with van der Waals surface area (Å²) in [5, 5.41) is 13.2. The molecule has 2 aliphatic heterocycles.